The average Bonchev–Trinajstić information content (AvgIpc) is 3.28. The average molecular weight is 469 g/mol. The van der Waals surface area contributed by atoms with Crippen LogP contribution in [0.5, 0.6) is 5.75 Å². The Hall–Kier alpha value is -3.77. The molecular weight excluding hydrogens is 444 g/mol. The molecule has 0 saturated carbocycles. The molecule has 0 atom stereocenters. The Morgan fingerprint density at radius 2 is 1.71 bits per heavy atom. The lowest BCUT2D eigenvalue weighted by Crippen LogP contribution is -2.27. The highest BCUT2D eigenvalue weighted by Gasteiger charge is 2.35. The largest absolute Gasteiger partial charge is 0.497 e. The molecule has 4 aromatic rings. The number of benzene rings is 3. The second-order valence-corrected chi connectivity index (χ2v) is 9.26. The van der Waals surface area contributed by atoms with Crippen molar-refractivity contribution in [1.82, 2.24) is 9.47 Å². The van der Waals surface area contributed by atoms with Crippen LogP contribution in [0.4, 0.5) is 4.79 Å². The van der Waals surface area contributed by atoms with Crippen molar-refractivity contribution >= 4 is 39.8 Å². The van der Waals surface area contributed by atoms with E-state index in [0.29, 0.717) is 4.91 Å². The minimum Gasteiger partial charge on any atom is -0.497 e. The van der Waals surface area contributed by atoms with Crippen molar-refractivity contribution in [2.75, 3.05) is 7.11 Å². The number of nitrogens with zero attached hydrogens (tertiary/aromatic N) is 2. The van der Waals surface area contributed by atoms with Crippen LogP contribution in [0, 0.1) is 13.8 Å². The van der Waals surface area contributed by atoms with Crippen LogP contribution in [0.25, 0.3) is 22.5 Å². The summed E-state index contributed by atoms with van der Waals surface area (Å²) in [7, 11) is 1.65. The highest BCUT2D eigenvalue weighted by molar-refractivity contribution is 8.18. The summed E-state index contributed by atoms with van der Waals surface area (Å²) in [6.07, 6.45) is 1.83. The van der Waals surface area contributed by atoms with E-state index < -0.39 is 0 Å². The minimum atomic E-state index is -0.255. The zero-order valence-corrected chi connectivity index (χ0v) is 20.1. The fraction of sp³-hybridized carbons (Fsp3) is 0.143. The number of amides is 2. The van der Waals surface area contributed by atoms with Gasteiger partial charge in [-0.2, -0.15) is 0 Å². The highest BCUT2D eigenvalue weighted by Crippen LogP contribution is 2.35. The monoisotopic (exact) mass is 468 g/mol. The van der Waals surface area contributed by atoms with Gasteiger partial charge in [0.1, 0.15) is 5.75 Å². The van der Waals surface area contributed by atoms with E-state index in [1.54, 1.807) is 7.11 Å². The van der Waals surface area contributed by atoms with Gasteiger partial charge in [-0.15, -0.1) is 0 Å². The van der Waals surface area contributed by atoms with Crippen LogP contribution >= 0.6 is 11.8 Å². The third-order valence-electron chi connectivity index (χ3n) is 6.15. The Kier molecular flexibility index (Phi) is 5.75. The van der Waals surface area contributed by atoms with E-state index in [-0.39, 0.29) is 17.7 Å². The van der Waals surface area contributed by atoms with Crippen molar-refractivity contribution < 1.29 is 14.3 Å². The molecule has 5 rings (SSSR count). The molecule has 1 fully saturated rings. The molecule has 0 aliphatic carbocycles. The van der Waals surface area contributed by atoms with Gasteiger partial charge in [0.25, 0.3) is 11.1 Å². The lowest BCUT2D eigenvalue weighted by atomic mass is 10.0. The van der Waals surface area contributed by atoms with Crippen LogP contribution in [-0.4, -0.2) is 27.7 Å². The number of aryl methyl sites for hydroxylation is 1. The van der Waals surface area contributed by atoms with Crippen LogP contribution in [-0.2, 0) is 11.3 Å². The minimum absolute atomic E-state index is 0.245. The van der Waals surface area contributed by atoms with E-state index in [4.69, 9.17) is 4.74 Å². The third kappa shape index (κ3) is 3.90. The van der Waals surface area contributed by atoms with E-state index in [9.17, 15) is 9.59 Å². The molecule has 5 nitrogen and oxygen atoms in total. The van der Waals surface area contributed by atoms with Gasteiger partial charge in [0.15, 0.2) is 0 Å². The van der Waals surface area contributed by atoms with Crippen LogP contribution in [0.15, 0.2) is 77.7 Å². The van der Waals surface area contributed by atoms with Gasteiger partial charge in [0.2, 0.25) is 0 Å². The van der Waals surface area contributed by atoms with Gasteiger partial charge in [-0.3, -0.25) is 14.5 Å². The number of carbonyl (C=O) groups is 2. The summed E-state index contributed by atoms with van der Waals surface area (Å²) in [6.45, 7) is 4.29. The molecule has 1 aliphatic rings. The summed E-state index contributed by atoms with van der Waals surface area (Å²) >= 11 is 0.996. The Labute approximate surface area is 202 Å². The van der Waals surface area contributed by atoms with Gasteiger partial charge in [-0.1, -0.05) is 48.5 Å². The standard InChI is InChI=1S/C28H24N2O3S/c1-18-14-22(19(2)30(18)23-11-7-12-24(16-23)33-3)15-26-27(31)29(28(32)34-26)17-21-10-6-9-20-8-4-5-13-25(20)21/h4-16H,17H2,1-3H3. The van der Waals surface area contributed by atoms with E-state index in [1.165, 1.54) is 4.90 Å². The lowest BCUT2D eigenvalue weighted by Gasteiger charge is -2.14. The van der Waals surface area contributed by atoms with Crippen molar-refractivity contribution in [3.8, 4) is 11.4 Å². The SMILES string of the molecule is COc1cccc(-n2c(C)cc(C=C3SC(=O)N(Cc4cccc5ccccc45)C3=O)c2C)c1. The molecular formula is C28H24N2O3S. The maximum Gasteiger partial charge on any atom is 0.293 e. The van der Waals surface area contributed by atoms with Crippen molar-refractivity contribution in [3.05, 3.63) is 100 Å². The Morgan fingerprint density at radius 3 is 2.53 bits per heavy atom. The van der Waals surface area contributed by atoms with Crippen LogP contribution in [0.2, 0.25) is 0 Å². The van der Waals surface area contributed by atoms with Gasteiger partial charge in [0.05, 0.1) is 18.6 Å². The number of hydrogen-bond acceptors (Lipinski definition) is 4. The van der Waals surface area contributed by atoms with Crippen LogP contribution in [0.1, 0.15) is 22.5 Å². The van der Waals surface area contributed by atoms with E-state index in [0.717, 1.165) is 56.5 Å². The normalized spacial score (nSPS) is 15.0. The van der Waals surface area contributed by atoms with Crippen molar-refractivity contribution in [3.63, 3.8) is 0 Å². The summed E-state index contributed by atoms with van der Waals surface area (Å²) in [5.74, 6) is 0.523. The maximum absolute atomic E-state index is 13.2. The molecule has 0 N–H and O–H groups in total. The van der Waals surface area contributed by atoms with Crippen LogP contribution in [0.3, 0.4) is 0 Å². The molecule has 1 aromatic heterocycles. The first-order valence-electron chi connectivity index (χ1n) is 11.0. The molecule has 6 heteroatoms. The third-order valence-corrected chi connectivity index (χ3v) is 7.06. The summed E-state index contributed by atoms with van der Waals surface area (Å²) in [6, 6.07) is 23.9. The van der Waals surface area contributed by atoms with Crippen molar-refractivity contribution in [1.29, 1.82) is 0 Å². The summed E-state index contributed by atoms with van der Waals surface area (Å²) in [5, 5.41) is 1.90. The first kappa shape index (κ1) is 22.0. The molecule has 0 spiro atoms. The van der Waals surface area contributed by atoms with Crippen molar-refractivity contribution in [2.45, 2.75) is 20.4 Å². The van der Waals surface area contributed by atoms with E-state index in [1.807, 2.05) is 92.7 Å². The number of carbonyl (C=O) groups excluding carboxylic acids is 2. The lowest BCUT2D eigenvalue weighted by molar-refractivity contribution is -0.123. The first-order valence-corrected chi connectivity index (χ1v) is 11.8. The van der Waals surface area contributed by atoms with E-state index >= 15 is 0 Å². The van der Waals surface area contributed by atoms with Gasteiger partial charge < -0.3 is 9.30 Å². The Morgan fingerprint density at radius 1 is 0.941 bits per heavy atom. The van der Waals surface area contributed by atoms with Gasteiger partial charge >= 0.3 is 0 Å². The van der Waals surface area contributed by atoms with Gasteiger partial charge in [0, 0.05) is 23.1 Å². The predicted octanol–water partition coefficient (Wildman–Crippen LogP) is 6.49. The molecule has 1 aliphatic heterocycles. The quantitative estimate of drug-likeness (QED) is 0.314. The number of methoxy groups -OCH3 is 1. The molecule has 170 valence electrons. The number of ether oxygens (including phenoxy) is 1. The molecule has 0 unspecified atom stereocenters. The zero-order valence-electron chi connectivity index (χ0n) is 19.2. The van der Waals surface area contributed by atoms with Gasteiger partial charge in [-0.25, -0.2) is 0 Å². The van der Waals surface area contributed by atoms with Crippen LogP contribution < -0.4 is 4.74 Å². The summed E-state index contributed by atoms with van der Waals surface area (Å²) < 4.78 is 7.49. The summed E-state index contributed by atoms with van der Waals surface area (Å²) in [5.41, 5.74) is 4.88. The summed E-state index contributed by atoms with van der Waals surface area (Å²) in [4.78, 5) is 27.8. The molecule has 1 saturated heterocycles. The van der Waals surface area contributed by atoms with Crippen molar-refractivity contribution in [2.24, 2.45) is 0 Å². The van der Waals surface area contributed by atoms with Gasteiger partial charge in [-0.05, 0) is 71.8 Å². The highest BCUT2D eigenvalue weighted by atomic mass is 32.2. The predicted molar refractivity (Wildman–Crippen MR) is 137 cm³/mol. The Balaban J connectivity index is 1.45. The fourth-order valence-corrected chi connectivity index (χ4v) is 5.29. The molecule has 0 radical (unpaired) electrons. The zero-order chi connectivity index (χ0) is 23.8. The number of imide groups is 1. The second kappa shape index (κ2) is 8.88. The smallest absolute Gasteiger partial charge is 0.293 e. The Bertz CT molecular complexity index is 1460. The number of hydrogen-bond donors (Lipinski definition) is 0. The second-order valence-electron chi connectivity index (χ2n) is 8.27. The maximum atomic E-state index is 13.2. The molecule has 34 heavy (non-hydrogen) atoms. The molecule has 2 amide bonds. The molecule has 2 heterocycles. The van der Waals surface area contributed by atoms with E-state index in [2.05, 4.69) is 4.57 Å². The fourth-order valence-electron chi connectivity index (χ4n) is 4.46. The molecule has 3 aromatic carbocycles. The number of rotatable bonds is 5. The first-order chi connectivity index (χ1) is 16.5. The number of thioether (sulfide) groups is 1. The number of fused-ring (bicyclic) bond motifs is 1. The topological polar surface area (TPSA) is 51.5 Å². The number of aromatic nitrogens is 1. The molecule has 0 bridgehead atoms.